The van der Waals surface area contributed by atoms with Crippen LogP contribution in [0.25, 0.3) is 0 Å². The summed E-state index contributed by atoms with van der Waals surface area (Å²) < 4.78 is 0. The lowest BCUT2D eigenvalue weighted by molar-refractivity contribution is 0.0611. The highest BCUT2D eigenvalue weighted by Gasteiger charge is 2.28. The van der Waals surface area contributed by atoms with Crippen LogP contribution >= 0.6 is 23.2 Å². The number of rotatable bonds is 5. The maximum Gasteiger partial charge on any atom is 0.254 e. The summed E-state index contributed by atoms with van der Waals surface area (Å²) in [6, 6.07) is 15.2. The highest BCUT2D eigenvalue weighted by Crippen LogP contribution is 2.35. The van der Waals surface area contributed by atoms with Crippen LogP contribution in [-0.2, 0) is 0 Å². The summed E-state index contributed by atoms with van der Waals surface area (Å²) in [5, 5.41) is 1.08. The van der Waals surface area contributed by atoms with E-state index in [9.17, 15) is 4.79 Å². The van der Waals surface area contributed by atoms with Gasteiger partial charge >= 0.3 is 0 Å². The van der Waals surface area contributed by atoms with E-state index >= 15 is 0 Å². The van der Waals surface area contributed by atoms with E-state index in [1.165, 1.54) is 19.6 Å². The first-order valence-corrected chi connectivity index (χ1v) is 11.3. The number of hydrogen-bond donors (Lipinski definition) is 0. The van der Waals surface area contributed by atoms with Crippen molar-refractivity contribution in [2.75, 3.05) is 26.2 Å². The molecule has 0 bridgehead atoms. The Morgan fingerprint density at radius 1 is 0.966 bits per heavy atom. The van der Waals surface area contributed by atoms with Crippen molar-refractivity contribution in [2.24, 2.45) is 0 Å². The number of hydrogen-bond acceptors (Lipinski definition) is 2. The molecule has 0 aromatic heterocycles. The molecule has 158 valence electrons. The molecule has 3 nitrogen and oxygen atoms in total. The highest BCUT2D eigenvalue weighted by molar-refractivity contribution is 6.42. The Morgan fingerprint density at radius 2 is 1.62 bits per heavy atom. The van der Waals surface area contributed by atoms with Crippen molar-refractivity contribution < 1.29 is 4.79 Å². The molecular weight excluding hydrogens is 403 g/mol. The molecule has 2 aromatic rings. The number of nitrogens with zero attached hydrogens (tertiary/aromatic N) is 2. The second-order valence-electron chi connectivity index (χ2n) is 7.17. The molecule has 1 aliphatic rings. The predicted octanol–water partition coefficient (Wildman–Crippen LogP) is 6.71. The Morgan fingerprint density at radius 3 is 2.17 bits per heavy atom. The van der Waals surface area contributed by atoms with Gasteiger partial charge in [-0.25, -0.2) is 0 Å². The van der Waals surface area contributed by atoms with Gasteiger partial charge in [0.25, 0.3) is 5.91 Å². The summed E-state index contributed by atoms with van der Waals surface area (Å²) >= 11 is 12.1. The molecule has 1 fully saturated rings. The standard InChI is InChI=1S/C18H17Cl2NO.C6H15N/c19-15-10-9-14(12-16(15)20)17-8-4-5-11-21(17)18(22)13-6-2-1-3-7-13;1-4-7(5-2)6-3/h1-3,6-7,9-10,12,17H,4-5,8,11H2;4-6H2,1-3H3. The normalized spacial score (nSPS) is 16.3. The zero-order chi connectivity index (χ0) is 21.2. The minimum Gasteiger partial charge on any atom is -0.332 e. The third kappa shape index (κ3) is 6.74. The third-order valence-electron chi connectivity index (χ3n) is 5.45. The van der Waals surface area contributed by atoms with Gasteiger partial charge in [-0.2, -0.15) is 0 Å². The fraction of sp³-hybridized carbons (Fsp3) is 0.458. The fourth-order valence-electron chi connectivity index (χ4n) is 3.66. The molecule has 2 aromatic carbocycles. The van der Waals surface area contributed by atoms with Gasteiger partial charge in [0.05, 0.1) is 16.1 Å². The zero-order valence-corrected chi connectivity index (χ0v) is 19.2. The summed E-state index contributed by atoms with van der Waals surface area (Å²) in [4.78, 5) is 17.1. The average Bonchev–Trinajstić information content (AvgIpc) is 2.77. The number of amides is 1. The lowest BCUT2D eigenvalue weighted by Gasteiger charge is -2.36. The van der Waals surface area contributed by atoms with Crippen LogP contribution in [0.3, 0.4) is 0 Å². The Labute approximate surface area is 185 Å². The molecule has 1 heterocycles. The van der Waals surface area contributed by atoms with Gasteiger partial charge in [0.1, 0.15) is 0 Å². The quantitative estimate of drug-likeness (QED) is 0.521. The molecule has 0 N–H and O–H groups in total. The second-order valence-corrected chi connectivity index (χ2v) is 7.98. The van der Waals surface area contributed by atoms with Crippen molar-refractivity contribution in [1.82, 2.24) is 9.80 Å². The minimum absolute atomic E-state index is 0.0659. The van der Waals surface area contributed by atoms with Crippen LogP contribution in [-0.4, -0.2) is 41.9 Å². The van der Waals surface area contributed by atoms with E-state index in [0.717, 1.165) is 36.9 Å². The summed E-state index contributed by atoms with van der Waals surface area (Å²) in [7, 11) is 0. The van der Waals surface area contributed by atoms with Crippen LogP contribution in [0.2, 0.25) is 10.0 Å². The van der Waals surface area contributed by atoms with Crippen molar-refractivity contribution in [2.45, 2.75) is 46.1 Å². The lowest BCUT2D eigenvalue weighted by Crippen LogP contribution is -2.38. The molecule has 0 spiro atoms. The highest BCUT2D eigenvalue weighted by atomic mass is 35.5. The smallest absolute Gasteiger partial charge is 0.254 e. The van der Waals surface area contributed by atoms with Gasteiger partial charge in [-0.15, -0.1) is 0 Å². The van der Waals surface area contributed by atoms with Gasteiger partial charge in [-0.05, 0) is 68.7 Å². The van der Waals surface area contributed by atoms with Crippen LogP contribution in [0.15, 0.2) is 48.5 Å². The molecular formula is C24H32Cl2N2O. The topological polar surface area (TPSA) is 23.6 Å². The summed E-state index contributed by atoms with van der Waals surface area (Å²) in [5.41, 5.74) is 1.79. The first-order chi connectivity index (χ1) is 14.0. The molecule has 0 aliphatic carbocycles. The molecule has 0 radical (unpaired) electrons. The van der Waals surface area contributed by atoms with Crippen molar-refractivity contribution in [3.05, 3.63) is 69.7 Å². The molecule has 29 heavy (non-hydrogen) atoms. The van der Waals surface area contributed by atoms with E-state index in [4.69, 9.17) is 23.2 Å². The molecule has 1 aliphatic heterocycles. The largest absolute Gasteiger partial charge is 0.332 e. The van der Waals surface area contributed by atoms with E-state index in [2.05, 4.69) is 25.7 Å². The molecule has 5 heteroatoms. The average molecular weight is 435 g/mol. The predicted molar refractivity (Wildman–Crippen MR) is 124 cm³/mol. The number of benzene rings is 2. The second kappa shape index (κ2) is 12.2. The summed E-state index contributed by atoms with van der Waals surface area (Å²) in [5.74, 6) is 0.0800. The molecule has 1 atom stereocenters. The zero-order valence-electron chi connectivity index (χ0n) is 17.7. The fourth-order valence-corrected chi connectivity index (χ4v) is 3.96. The van der Waals surface area contributed by atoms with E-state index < -0.39 is 0 Å². The molecule has 0 saturated carbocycles. The Balaban J connectivity index is 0.000000370. The monoisotopic (exact) mass is 434 g/mol. The SMILES string of the molecule is CCN(CC)CC.O=C(c1ccccc1)N1CCCCC1c1ccc(Cl)c(Cl)c1. The van der Waals surface area contributed by atoms with Crippen LogP contribution in [0.5, 0.6) is 0 Å². The van der Waals surface area contributed by atoms with E-state index in [1.807, 2.05) is 47.4 Å². The van der Waals surface area contributed by atoms with Crippen molar-refractivity contribution in [3.8, 4) is 0 Å². The van der Waals surface area contributed by atoms with Gasteiger partial charge < -0.3 is 9.80 Å². The minimum atomic E-state index is 0.0659. The first-order valence-electron chi connectivity index (χ1n) is 10.5. The van der Waals surface area contributed by atoms with Crippen molar-refractivity contribution in [3.63, 3.8) is 0 Å². The number of carbonyl (C=O) groups is 1. The van der Waals surface area contributed by atoms with Crippen LogP contribution < -0.4 is 0 Å². The van der Waals surface area contributed by atoms with Crippen LogP contribution in [0, 0.1) is 0 Å². The number of piperidine rings is 1. The number of halogens is 2. The Hall–Kier alpha value is -1.55. The van der Waals surface area contributed by atoms with Crippen molar-refractivity contribution in [1.29, 1.82) is 0 Å². The number of likely N-dealkylation sites (tertiary alicyclic amines) is 1. The Bertz CT molecular complexity index is 757. The van der Waals surface area contributed by atoms with Gasteiger partial charge in [0.2, 0.25) is 0 Å². The summed E-state index contributed by atoms with van der Waals surface area (Å²) in [6.45, 7) is 10.9. The molecule has 1 saturated heterocycles. The molecule has 1 amide bonds. The number of carbonyl (C=O) groups excluding carboxylic acids is 1. The van der Waals surface area contributed by atoms with Crippen LogP contribution in [0.4, 0.5) is 0 Å². The van der Waals surface area contributed by atoms with E-state index in [-0.39, 0.29) is 11.9 Å². The van der Waals surface area contributed by atoms with Gasteiger partial charge in [-0.3, -0.25) is 4.79 Å². The van der Waals surface area contributed by atoms with E-state index in [0.29, 0.717) is 10.0 Å². The van der Waals surface area contributed by atoms with Crippen molar-refractivity contribution >= 4 is 29.1 Å². The third-order valence-corrected chi connectivity index (χ3v) is 6.19. The van der Waals surface area contributed by atoms with Gasteiger partial charge in [0.15, 0.2) is 0 Å². The maximum absolute atomic E-state index is 12.8. The molecule has 1 unspecified atom stereocenters. The lowest BCUT2D eigenvalue weighted by atomic mass is 9.94. The molecule has 3 rings (SSSR count). The maximum atomic E-state index is 12.8. The Kier molecular flexibility index (Phi) is 9.99. The van der Waals surface area contributed by atoms with Gasteiger partial charge in [-0.1, -0.05) is 68.2 Å². The summed E-state index contributed by atoms with van der Waals surface area (Å²) in [6.07, 6.45) is 3.11. The van der Waals surface area contributed by atoms with Gasteiger partial charge in [0, 0.05) is 12.1 Å². The van der Waals surface area contributed by atoms with E-state index in [1.54, 1.807) is 6.07 Å². The first kappa shape index (κ1) is 23.7. The van der Waals surface area contributed by atoms with Crippen LogP contribution in [0.1, 0.15) is 62.0 Å².